The summed E-state index contributed by atoms with van der Waals surface area (Å²) >= 11 is 0. The van der Waals surface area contributed by atoms with Crippen molar-refractivity contribution < 1.29 is 14.3 Å². The highest BCUT2D eigenvalue weighted by Gasteiger charge is 2.07. The molecule has 1 rings (SSSR count). The quantitative estimate of drug-likeness (QED) is 0.727. The number of ether oxygens (including phenoxy) is 1. The lowest BCUT2D eigenvalue weighted by Gasteiger charge is -2.07. The average molecular weight is 207 g/mol. The Morgan fingerprint density at radius 3 is 2.67 bits per heavy atom. The second-order valence-corrected chi connectivity index (χ2v) is 3.34. The summed E-state index contributed by atoms with van der Waals surface area (Å²) in [6.07, 6.45) is 1.85. The second kappa shape index (κ2) is 5.24. The smallest absolute Gasteiger partial charge is 0.217 e. The minimum atomic E-state index is -0.0746. The first-order valence-electron chi connectivity index (χ1n) is 4.65. The van der Waals surface area contributed by atoms with Crippen LogP contribution in [0.2, 0.25) is 0 Å². The Hall–Kier alpha value is -1.71. The molecule has 0 saturated heterocycles. The molecule has 4 heteroatoms. The number of rotatable bonds is 5. The van der Waals surface area contributed by atoms with E-state index in [0.29, 0.717) is 11.4 Å². The molecular weight excluding hydrogens is 194 g/mol. The fourth-order valence-electron chi connectivity index (χ4n) is 1.13. The van der Waals surface area contributed by atoms with Gasteiger partial charge in [0.05, 0.1) is 0 Å². The van der Waals surface area contributed by atoms with Crippen molar-refractivity contribution in [2.75, 3.05) is 6.61 Å². The summed E-state index contributed by atoms with van der Waals surface area (Å²) in [6.45, 7) is 2.93. The standard InChI is InChI=1S/C11H13NO3/c1-8(13)6-10-4-3-5-12-11(10)15-7-9(2)14/h3-5H,6-7H2,1-2H3. The molecule has 0 radical (unpaired) electrons. The molecular formula is C11H13NO3. The van der Waals surface area contributed by atoms with Gasteiger partial charge in [0.1, 0.15) is 12.4 Å². The van der Waals surface area contributed by atoms with Gasteiger partial charge < -0.3 is 4.74 Å². The van der Waals surface area contributed by atoms with E-state index >= 15 is 0 Å². The highest BCUT2D eigenvalue weighted by atomic mass is 16.5. The minimum absolute atomic E-state index is 0.0120. The molecule has 80 valence electrons. The first kappa shape index (κ1) is 11.4. The van der Waals surface area contributed by atoms with E-state index in [1.54, 1.807) is 18.3 Å². The molecule has 1 heterocycles. The summed E-state index contributed by atoms with van der Waals surface area (Å²) < 4.78 is 5.19. The van der Waals surface area contributed by atoms with Gasteiger partial charge in [-0.15, -0.1) is 0 Å². The Morgan fingerprint density at radius 1 is 1.33 bits per heavy atom. The molecule has 1 aromatic rings. The highest BCUT2D eigenvalue weighted by molar-refractivity contribution is 5.79. The Labute approximate surface area is 88.3 Å². The lowest BCUT2D eigenvalue weighted by Crippen LogP contribution is -2.10. The third-order valence-electron chi connectivity index (χ3n) is 1.70. The van der Waals surface area contributed by atoms with Crippen molar-refractivity contribution in [1.29, 1.82) is 0 Å². The minimum Gasteiger partial charge on any atom is -0.469 e. The Bertz CT molecular complexity index is 374. The van der Waals surface area contributed by atoms with Crippen LogP contribution in [0.1, 0.15) is 19.4 Å². The molecule has 0 fully saturated rings. The van der Waals surface area contributed by atoms with Crippen LogP contribution < -0.4 is 4.74 Å². The summed E-state index contributed by atoms with van der Waals surface area (Å²) in [5.41, 5.74) is 0.714. The lowest BCUT2D eigenvalue weighted by molar-refractivity contribution is -0.119. The number of aromatic nitrogens is 1. The summed E-state index contributed by atoms with van der Waals surface area (Å²) in [5.74, 6) is 0.327. The predicted molar refractivity (Wildman–Crippen MR) is 54.8 cm³/mol. The summed E-state index contributed by atoms with van der Waals surface area (Å²) in [4.78, 5) is 25.7. The lowest BCUT2D eigenvalue weighted by atomic mass is 10.1. The monoisotopic (exact) mass is 207 g/mol. The predicted octanol–water partition coefficient (Wildman–Crippen LogP) is 1.18. The molecule has 0 aliphatic carbocycles. The summed E-state index contributed by atoms with van der Waals surface area (Å²) in [6, 6.07) is 3.50. The van der Waals surface area contributed by atoms with Gasteiger partial charge in [0.25, 0.3) is 0 Å². The van der Waals surface area contributed by atoms with Crippen molar-refractivity contribution in [3.05, 3.63) is 23.9 Å². The van der Waals surface area contributed by atoms with Gasteiger partial charge in [0.15, 0.2) is 5.78 Å². The van der Waals surface area contributed by atoms with Crippen LogP contribution >= 0.6 is 0 Å². The van der Waals surface area contributed by atoms with Gasteiger partial charge in [-0.2, -0.15) is 0 Å². The zero-order valence-corrected chi connectivity index (χ0v) is 8.82. The summed E-state index contributed by atoms with van der Waals surface area (Å²) in [7, 11) is 0. The van der Waals surface area contributed by atoms with E-state index in [1.165, 1.54) is 13.8 Å². The van der Waals surface area contributed by atoms with E-state index in [-0.39, 0.29) is 24.6 Å². The number of hydrogen-bond acceptors (Lipinski definition) is 4. The van der Waals surface area contributed by atoms with Gasteiger partial charge in [-0.3, -0.25) is 9.59 Å². The SMILES string of the molecule is CC(=O)COc1ncccc1CC(C)=O. The van der Waals surface area contributed by atoms with E-state index in [2.05, 4.69) is 4.98 Å². The van der Waals surface area contributed by atoms with Crippen molar-refractivity contribution in [3.63, 3.8) is 0 Å². The maximum absolute atomic E-state index is 11.0. The van der Waals surface area contributed by atoms with Crippen molar-refractivity contribution in [3.8, 4) is 5.88 Å². The van der Waals surface area contributed by atoms with E-state index in [9.17, 15) is 9.59 Å². The van der Waals surface area contributed by atoms with Crippen LogP contribution in [-0.2, 0) is 16.0 Å². The molecule has 15 heavy (non-hydrogen) atoms. The van der Waals surface area contributed by atoms with Crippen LogP contribution in [0, 0.1) is 0 Å². The molecule has 0 atom stereocenters. The van der Waals surface area contributed by atoms with Gasteiger partial charge in [-0.05, 0) is 19.9 Å². The van der Waals surface area contributed by atoms with Crippen molar-refractivity contribution >= 4 is 11.6 Å². The van der Waals surface area contributed by atoms with E-state index < -0.39 is 0 Å². The molecule has 0 bridgehead atoms. The van der Waals surface area contributed by atoms with Crippen LogP contribution in [0.3, 0.4) is 0 Å². The number of carbonyl (C=O) groups is 2. The Morgan fingerprint density at radius 2 is 2.07 bits per heavy atom. The number of carbonyl (C=O) groups excluding carboxylic acids is 2. The number of Topliss-reactive ketones (excluding diaryl/α,β-unsaturated/α-hetero) is 2. The maximum Gasteiger partial charge on any atom is 0.217 e. The molecule has 0 saturated carbocycles. The fraction of sp³-hybridized carbons (Fsp3) is 0.364. The molecule has 0 aliphatic rings. The highest BCUT2D eigenvalue weighted by Crippen LogP contribution is 2.14. The van der Waals surface area contributed by atoms with Gasteiger partial charge in [-0.1, -0.05) is 6.07 Å². The van der Waals surface area contributed by atoms with Crippen LogP contribution in [-0.4, -0.2) is 23.2 Å². The largest absolute Gasteiger partial charge is 0.469 e. The molecule has 0 unspecified atom stereocenters. The van der Waals surface area contributed by atoms with Crippen molar-refractivity contribution in [2.45, 2.75) is 20.3 Å². The molecule has 0 spiro atoms. The van der Waals surface area contributed by atoms with Crippen LogP contribution in [0.25, 0.3) is 0 Å². The third kappa shape index (κ3) is 3.89. The number of hydrogen-bond donors (Lipinski definition) is 0. The zero-order chi connectivity index (χ0) is 11.3. The molecule has 0 aliphatic heterocycles. The zero-order valence-electron chi connectivity index (χ0n) is 8.82. The fourth-order valence-corrected chi connectivity index (χ4v) is 1.13. The van der Waals surface area contributed by atoms with Crippen LogP contribution in [0.5, 0.6) is 5.88 Å². The maximum atomic E-state index is 11.0. The molecule has 1 aromatic heterocycles. The first-order chi connectivity index (χ1) is 7.09. The van der Waals surface area contributed by atoms with Crippen molar-refractivity contribution in [1.82, 2.24) is 4.98 Å². The molecule has 0 amide bonds. The summed E-state index contributed by atoms with van der Waals surface area (Å²) in [5, 5.41) is 0. The molecule has 4 nitrogen and oxygen atoms in total. The van der Waals surface area contributed by atoms with E-state index in [0.717, 1.165) is 0 Å². The third-order valence-corrected chi connectivity index (χ3v) is 1.70. The average Bonchev–Trinajstić information content (AvgIpc) is 2.15. The Balaban J connectivity index is 2.76. The number of nitrogens with zero attached hydrogens (tertiary/aromatic N) is 1. The van der Waals surface area contributed by atoms with E-state index in [4.69, 9.17) is 4.74 Å². The molecule has 0 aromatic carbocycles. The second-order valence-electron chi connectivity index (χ2n) is 3.34. The van der Waals surface area contributed by atoms with Crippen LogP contribution in [0.4, 0.5) is 0 Å². The van der Waals surface area contributed by atoms with Crippen molar-refractivity contribution in [2.24, 2.45) is 0 Å². The van der Waals surface area contributed by atoms with Gasteiger partial charge in [-0.25, -0.2) is 4.98 Å². The van der Waals surface area contributed by atoms with Gasteiger partial charge in [0.2, 0.25) is 5.88 Å². The first-order valence-corrected chi connectivity index (χ1v) is 4.65. The Kier molecular flexibility index (Phi) is 3.97. The van der Waals surface area contributed by atoms with Gasteiger partial charge >= 0.3 is 0 Å². The van der Waals surface area contributed by atoms with Crippen LogP contribution in [0.15, 0.2) is 18.3 Å². The van der Waals surface area contributed by atoms with E-state index in [1.807, 2.05) is 0 Å². The molecule has 0 N–H and O–H groups in total. The topological polar surface area (TPSA) is 56.3 Å². The normalized spacial score (nSPS) is 9.73. The number of ketones is 2. The van der Waals surface area contributed by atoms with Gasteiger partial charge in [0, 0.05) is 18.2 Å². The number of pyridine rings is 1.